The maximum Gasteiger partial charge on any atom is 0.248 e. The number of carbonyl (C=O) groups excluding carboxylic acids is 2. The van der Waals surface area contributed by atoms with Crippen LogP contribution in [0.4, 0.5) is 5.69 Å². The molecule has 24 heavy (non-hydrogen) atoms. The molecule has 0 N–H and O–H groups in total. The molecule has 0 saturated carbocycles. The first-order valence-corrected chi connectivity index (χ1v) is 8.78. The summed E-state index contributed by atoms with van der Waals surface area (Å²) in [6, 6.07) is 8.19. The summed E-state index contributed by atoms with van der Waals surface area (Å²) in [5, 5.41) is 0. The van der Waals surface area contributed by atoms with Crippen LogP contribution in [0.2, 0.25) is 0 Å². The Labute approximate surface area is 144 Å². The highest BCUT2D eigenvalue weighted by molar-refractivity contribution is 5.94. The van der Waals surface area contributed by atoms with Crippen molar-refractivity contribution in [3.63, 3.8) is 0 Å². The Kier molecular flexibility index (Phi) is 4.52. The molecule has 2 aliphatic heterocycles. The molecule has 1 atom stereocenters. The fraction of sp³-hybridized carbons (Fsp3) is 0.579. The molecule has 0 spiro atoms. The molecule has 2 saturated heterocycles. The lowest BCUT2D eigenvalue weighted by atomic mass is 9.96. The fourth-order valence-electron chi connectivity index (χ4n) is 3.72. The molecule has 1 aromatic rings. The van der Waals surface area contributed by atoms with Gasteiger partial charge in [-0.15, -0.1) is 0 Å². The lowest BCUT2D eigenvalue weighted by Gasteiger charge is -2.37. The van der Waals surface area contributed by atoms with Crippen molar-refractivity contribution in [2.45, 2.75) is 44.7 Å². The second kappa shape index (κ2) is 6.46. The molecule has 1 aromatic carbocycles. The molecule has 5 heteroatoms. The molecule has 130 valence electrons. The van der Waals surface area contributed by atoms with Gasteiger partial charge in [0.1, 0.15) is 5.54 Å². The van der Waals surface area contributed by atoms with E-state index in [0.29, 0.717) is 19.4 Å². The minimum atomic E-state index is -0.693. The number of hydrogen-bond donors (Lipinski definition) is 0. The number of likely N-dealkylation sites (tertiary alicyclic amines) is 2. The van der Waals surface area contributed by atoms with E-state index in [2.05, 4.69) is 12.1 Å². The van der Waals surface area contributed by atoms with E-state index >= 15 is 0 Å². The van der Waals surface area contributed by atoms with Crippen LogP contribution in [0.5, 0.6) is 0 Å². The van der Waals surface area contributed by atoms with Crippen molar-refractivity contribution in [2.24, 2.45) is 0 Å². The molecule has 5 nitrogen and oxygen atoms in total. The van der Waals surface area contributed by atoms with E-state index in [1.807, 2.05) is 43.0 Å². The number of carbonyl (C=O) groups is 2. The summed E-state index contributed by atoms with van der Waals surface area (Å²) in [5.41, 5.74) is 1.50. The number of nitrogens with zero attached hydrogens (tertiary/aromatic N) is 3. The average Bonchev–Trinajstić information content (AvgIpc) is 3.19. The van der Waals surface area contributed by atoms with Crippen LogP contribution in [-0.4, -0.2) is 54.3 Å². The molecule has 2 amide bonds. The summed E-state index contributed by atoms with van der Waals surface area (Å²) < 4.78 is 0. The normalized spacial score (nSPS) is 23.9. The van der Waals surface area contributed by atoms with Crippen LogP contribution in [0, 0.1) is 0 Å². The van der Waals surface area contributed by atoms with Crippen molar-refractivity contribution in [3.8, 4) is 0 Å². The lowest BCUT2D eigenvalue weighted by molar-refractivity contribution is -0.147. The summed E-state index contributed by atoms with van der Waals surface area (Å²) in [7, 11) is 4.01. The van der Waals surface area contributed by atoms with Crippen molar-refractivity contribution >= 4 is 17.5 Å². The van der Waals surface area contributed by atoms with Gasteiger partial charge in [-0.1, -0.05) is 12.1 Å². The third-order valence-corrected chi connectivity index (χ3v) is 5.37. The molecule has 2 fully saturated rings. The molecule has 0 radical (unpaired) electrons. The van der Waals surface area contributed by atoms with Gasteiger partial charge in [-0.05, 0) is 43.9 Å². The Hall–Kier alpha value is -2.04. The van der Waals surface area contributed by atoms with Gasteiger partial charge < -0.3 is 14.7 Å². The Morgan fingerprint density at radius 3 is 2.38 bits per heavy atom. The van der Waals surface area contributed by atoms with E-state index < -0.39 is 5.54 Å². The van der Waals surface area contributed by atoms with E-state index in [4.69, 9.17) is 0 Å². The summed E-state index contributed by atoms with van der Waals surface area (Å²) >= 11 is 0. The van der Waals surface area contributed by atoms with Crippen LogP contribution in [0.15, 0.2) is 24.3 Å². The molecule has 0 aliphatic carbocycles. The molecule has 1 unspecified atom stereocenters. The van der Waals surface area contributed by atoms with Crippen LogP contribution in [-0.2, 0) is 16.1 Å². The minimum absolute atomic E-state index is 0.0849. The van der Waals surface area contributed by atoms with Gasteiger partial charge in [-0.3, -0.25) is 9.59 Å². The van der Waals surface area contributed by atoms with Crippen molar-refractivity contribution in [1.29, 1.82) is 0 Å². The molecular formula is C19H27N3O2. The van der Waals surface area contributed by atoms with Gasteiger partial charge in [0.25, 0.3) is 0 Å². The summed E-state index contributed by atoms with van der Waals surface area (Å²) in [5.74, 6) is 0.206. The highest BCUT2D eigenvalue weighted by atomic mass is 16.2. The van der Waals surface area contributed by atoms with Gasteiger partial charge in [0.15, 0.2) is 0 Å². The van der Waals surface area contributed by atoms with Crippen molar-refractivity contribution in [3.05, 3.63) is 29.8 Å². The van der Waals surface area contributed by atoms with Gasteiger partial charge in [-0.25, -0.2) is 0 Å². The molecule has 2 aliphatic rings. The first-order chi connectivity index (χ1) is 11.4. The Bertz CT molecular complexity index is 620. The zero-order valence-electron chi connectivity index (χ0n) is 14.9. The quantitative estimate of drug-likeness (QED) is 0.851. The van der Waals surface area contributed by atoms with E-state index in [1.54, 1.807) is 4.90 Å². The monoisotopic (exact) mass is 329 g/mol. The van der Waals surface area contributed by atoms with Crippen LogP contribution in [0.3, 0.4) is 0 Å². The second-order valence-corrected chi connectivity index (χ2v) is 7.31. The first-order valence-electron chi connectivity index (χ1n) is 8.78. The molecular weight excluding hydrogens is 302 g/mol. The Balaban J connectivity index is 1.78. The van der Waals surface area contributed by atoms with E-state index in [1.165, 1.54) is 0 Å². The molecule has 0 bridgehead atoms. The summed E-state index contributed by atoms with van der Waals surface area (Å²) in [6.45, 7) is 4.09. The third kappa shape index (κ3) is 2.99. The number of anilines is 1. The van der Waals surface area contributed by atoms with Gasteiger partial charge in [-0.2, -0.15) is 0 Å². The van der Waals surface area contributed by atoms with Crippen LogP contribution in [0.1, 0.15) is 38.2 Å². The maximum atomic E-state index is 13.0. The SMILES string of the molecule is CN(C)c1ccc(CN2C(=O)CCC2(C)C(=O)N2CCCC2)cc1. The van der Waals surface area contributed by atoms with Gasteiger partial charge >= 0.3 is 0 Å². The van der Waals surface area contributed by atoms with Crippen molar-refractivity contribution in [1.82, 2.24) is 9.80 Å². The van der Waals surface area contributed by atoms with Gasteiger partial charge in [0.05, 0.1) is 0 Å². The zero-order valence-corrected chi connectivity index (χ0v) is 14.9. The van der Waals surface area contributed by atoms with Crippen molar-refractivity contribution in [2.75, 3.05) is 32.1 Å². The smallest absolute Gasteiger partial charge is 0.248 e. The number of rotatable bonds is 4. The standard InChI is InChI=1S/C19H27N3O2/c1-19(18(24)21-12-4-5-13-21)11-10-17(23)22(19)14-15-6-8-16(9-7-15)20(2)3/h6-9H,4-5,10-14H2,1-3H3. The molecule has 3 rings (SSSR count). The zero-order chi connectivity index (χ0) is 17.3. The third-order valence-electron chi connectivity index (χ3n) is 5.37. The second-order valence-electron chi connectivity index (χ2n) is 7.31. The number of benzene rings is 1. The number of amides is 2. The topological polar surface area (TPSA) is 43.9 Å². The van der Waals surface area contributed by atoms with Crippen LogP contribution >= 0.6 is 0 Å². The lowest BCUT2D eigenvalue weighted by Crippen LogP contribution is -2.54. The fourth-order valence-corrected chi connectivity index (χ4v) is 3.72. The van der Waals surface area contributed by atoms with E-state index in [9.17, 15) is 9.59 Å². The highest BCUT2D eigenvalue weighted by Crippen LogP contribution is 2.34. The van der Waals surface area contributed by atoms with Gasteiger partial charge in [0, 0.05) is 45.8 Å². The first kappa shape index (κ1) is 16.8. The largest absolute Gasteiger partial charge is 0.378 e. The number of hydrogen-bond acceptors (Lipinski definition) is 3. The molecule has 0 aromatic heterocycles. The minimum Gasteiger partial charge on any atom is -0.378 e. The molecule has 2 heterocycles. The average molecular weight is 329 g/mol. The Morgan fingerprint density at radius 1 is 1.17 bits per heavy atom. The van der Waals surface area contributed by atoms with Crippen LogP contribution < -0.4 is 4.90 Å². The maximum absolute atomic E-state index is 13.0. The summed E-state index contributed by atoms with van der Waals surface area (Å²) in [4.78, 5) is 31.2. The van der Waals surface area contributed by atoms with Gasteiger partial charge in [0.2, 0.25) is 11.8 Å². The predicted octanol–water partition coefficient (Wildman–Crippen LogP) is 2.26. The van der Waals surface area contributed by atoms with Crippen molar-refractivity contribution < 1.29 is 9.59 Å². The van der Waals surface area contributed by atoms with E-state index in [0.717, 1.165) is 37.2 Å². The van der Waals surface area contributed by atoms with Crippen LogP contribution in [0.25, 0.3) is 0 Å². The summed E-state index contributed by atoms with van der Waals surface area (Å²) in [6.07, 6.45) is 3.23. The Morgan fingerprint density at radius 2 is 1.79 bits per heavy atom. The highest BCUT2D eigenvalue weighted by Gasteiger charge is 2.49. The predicted molar refractivity (Wildman–Crippen MR) is 94.8 cm³/mol. The van der Waals surface area contributed by atoms with E-state index in [-0.39, 0.29) is 11.8 Å².